The molecule has 240 valence electrons. The Morgan fingerprint density at radius 2 is 1.74 bits per heavy atom. The molecular weight excluding hydrogens is 640 g/mol. The molecule has 3 heterocycles. The zero-order valence-corrected chi connectivity index (χ0v) is 27.3. The first-order valence-corrected chi connectivity index (χ1v) is 16.7. The summed E-state index contributed by atoms with van der Waals surface area (Å²) in [5.41, 5.74) is 2.82. The number of thioether (sulfide) groups is 1. The second kappa shape index (κ2) is 14.6. The number of hydrogen-bond acceptors (Lipinski definition) is 9. The molecule has 0 unspecified atom stereocenters. The third-order valence-electron chi connectivity index (χ3n) is 7.42. The van der Waals surface area contributed by atoms with Crippen LogP contribution in [0.3, 0.4) is 0 Å². The molecule has 1 N–H and O–H groups in total. The van der Waals surface area contributed by atoms with Crippen LogP contribution in [0.15, 0.2) is 101 Å². The van der Waals surface area contributed by atoms with Crippen LogP contribution in [-0.2, 0) is 11.3 Å². The Hall–Kier alpha value is -5.01. The fourth-order valence-corrected chi connectivity index (χ4v) is 6.64. The fourth-order valence-electron chi connectivity index (χ4n) is 5.10. The van der Waals surface area contributed by atoms with Gasteiger partial charge in [-0.05, 0) is 84.6 Å². The quantitative estimate of drug-likeness (QED) is 0.156. The first kappa shape index (κ1) is 32.0. The van der Waals surface area contributed by atoms with E-state index in [1.165, 1.54) is 28.9 Å². The number of hydrogen-bond donors (Lipinski definition) is 1. The van der Waals surface area contributed by atoms with Crippen LogP contribution in [0.5, 0.6) is 11.5 Å². The maximum atomic E-state index is 13.8. The Morgan fingerprint density at radius 1 is 1.00 bits per heavy atom. The number of nitrogens with one attached hydrogen (secondary N) is 1. The molecule has 1 atom stereocenters. The molecule has 0 fully saturated rings. The number of rotatable bonds is 12. The van der Waals surface area contributed by atoms with Crippen LogP contribution in [0, 0.1) is 5.82 Å². The molecule has 5 aromatic rings. The highest BCUT2D eigenvalue weighted by molar-refractivity contribution is 7.99. The first-order valence-electron chi connectivity index (χ1n) is 14.8. The number of hydrazone groups is 1. The van der Waals surface area contributed by atoms with Gasteiger partial charge in [-0.2, -0.15) is 5.10 Å². The molecular formula is C34H31FN6O4S2. The molecule has 47 heavy (non-hydrogen) atoms. The van der Waals surface area contributed by atoms with Crippen molar-refractivity contribution in [3.05, 3.63) is 118 Å². The SMILES string of the molecule is CCOc1ccc(-n2c(CNC(=O)c3ccc(OC)cc3)nnc2SCC(=O)N2N=C(c3cccs3)C[C@@H]2c2ccc(F)cc2)cc1. The Kier molecular flexibility index (Phi) is 9.93. The van der Waals surface area contributed by atoms with E-state index >= 15 is 0 Å². The van der Waals surface area contributed by atoms with Crippen molar-refractivity contribution in [1.82, 2.24) is 25.1 Å². The van der Waals surface area contributed by atoms with Crippen molar-refractivity contribution in [3.8, 4) is 17.2 Å². The molecule has 0 saturated carbocycles. The number of benzene rings is 3. The van der Waals surface area contributed by atoms with Crippen LogP contribution >= 0.6 is 23.1 Å². The maximum Gasteiger partial charge on any atom is 0.253 e. The van der Waals surface area contributed by atoms with Crippen LogP contribution in [0.25, 0.3) is 5.69 Å². The average molecular weight is 671 g/mol. The topological polar surface area (TPSA) is 111 Å². The minimum atomic E-state index is -0.367. The lowest BCUT2D eigenvalue weighted by atomic mass is 10.0. The standard InChI is InChI=1S/C34H31FN6O4S2/c1-3-45-27-16-12-25(13-17-27)40-31(20-36-33(43)23-8-14-26(44-2)15-9-23)37-38-34(40)47-21-32(42)41-29(22-6-10-24(35)11-7-22)19-28(39-41)30-5-4-18-46-30/h4-18,29H,3,19-21H2,1-2H3,(H,36,43)/t29-/m1/s1. The van der Waals surface area contributed by atoms with Crippen LogP contribution in [0.1, 0.15) is 46.0 Å². The largest absolute Gasteiger partial charge is 0.497 e. The summed E-state index contributed by atoms with van der Waals surface area (Å²) in [6.45, 7) is 2.54. The molecule has 0 aliphatic carbocycles. The van der Waals surface area contributed by atoms with Gasteiger partial charge in [0.15, 0.2) is 11.0 Å². The van der Waals surface area contributed by atoms with E-state index in [4.69, 9.17) is 14.6 Å². The van der Waals surface area contributed by atoms with E-state index in [1.807, 2.05) is 53.3 Å². The zero-order valence-electron chi connectivity index (χ0n) is 25.6. The Labute approximate surface area is 279 Å². The van der Waals surface area contributed by atoms with Gasteiger partial charge in [0.05, 0.1) is 42.6 Å². The van der Waals surface area contributed by atoms with Crippen molar-refractivity contribution in [3.63, 3.8) is 0 Å². The normalized spacial score (nSPS) is 14.1. The van der Waals surface area contributed by atoms with Crippen LogP contribution < -0.4 is 14.8 Å². The number of methoxy groups -OCH3 is 1. The monoisotopic (exact) mass is 670 g/mol. The second-order valence-corrected chi connectivity index (χ2v) is 12.3. The number of nitrogens with zero attached hydrogens (tertiary/aromatic N) is 5. The smallest absolute Gasteiger partial charge is 0.253 e. The Balaban J connectivity index is 1.23. The molecule has 3 aromatic carbocycles. The molecule has 0 spiro atoms. The van der Waals surface area contributed by atoms with Gasteiger partial charge in [-0.25, -0.2) is 9.40 Å². The van der Waals surface area contributed by atoms with Gasteiger partial charge in [0.1, 0.15) is 17.3 Å². The number of amides is 2. The van der Waals surface area contributed by atoms with Crippen molar-refractivity contribution in [2.24, 2.45) is 5.10 Å². The van der Waals surface area contributed by atoms with Gasteiger partial charge in [0.25, 0.3) is 11.8 Å². The summed E-state index contributed by atoms with van der Waals surface area (Å²) in [5, 5.41) is 20.3. The summed E-state index contributed by atoms with van der Waals surface area (Å²) < 4.78 is 26.3. The summed E-state index contributed by atoms with van der Waals surface area (Å²) in [7, 11) is 1.57. The highest BCUT2D eigenvalue weighted by Crippen LogP contribution is 2.35. The van der Waals surface area contributed by atoms with Gasteiger partial charge in [0.2, 0.25) is 0 Å². The van der Waals surface area contributed by atoms with Crippen molar-refractivity contribution in [2.45, 2.75) is 31.1 Å². The lowest BCUT2D eigenvalue weighted by Gasteiger charge is -2.22. The molecule has 6 rings (SSSR count). The molecule has 13 heteroatoms. The van der Waals surface area contributed by atoms with Gasteiger partial charge >= 0.3 is 0 Å². The molecule has 1 aliphatic rings. The summed E-state index contributed by atoms with van der Waals surface area (Å²) >= 11 is 2.78. The average Bonchev–Trinajstić information content (AvgIpc) is 3.88. The van der Waals surface area contributed by atoms with Crippen molar-refractivity contribution in [2.75, 3.05) is 19.5 Å². The summed E-state index contributed by atoms with van der Waals surface area (Å²) in [6.07, 6.45) is 0.517. The Bertz CT molecular complexity index is 1860. The van der Waals surface area contributed by atoms with E-state index < -0.39 is 0 Å². The fraction of sp³-hybridized carbons (Fsp3) is 0.206. The number of thiophene rings is 1. The van der Waals surface area contributed by atoms with Gasteiger partial charge in [0, 0.05) is 17.7 Å². The van der Waals surface area contributed by atoms with Crippen molar-refractivity contribution in [1.29, 1.82) is 0 Å². The third-order valence-corrected chi connectivity index (χ3v) is 9.25. The second-order valence-electron chi connectivity index (χ2n) is 10.4. The predicted octanol–water partition coefficient (Wildman–Crippen LogP) is 6.28. The van der Waals surface area contributed by atoms with Crippen molar-refractivity contribution < 1.29 is 23.5 Å². The molecule has 1 aliphatic heterocycles. The number of halogens is 1. The molecule has 0 bridgehead atoms. The summed E-state index contributed by atoms with van der Waals surface area (Å²) in [4.78, 5) is 27.7. The van der Waals surface area contributed by atoms with E-state index in [1.54, 1.807) is 54.8 Å². The van der Waals surface area contributed by atoms with Crippen LogP contribution in [0.4, 0.5) is 4.39 Å². The van der Waals surface area contributed by atoms with Crippen molar-refractivity contribution >= 4 is 40.6 Å². The third kappa shape index (κ3) is 7.36. The molecule has 10 nitrogen and oxygen atoms in total. The molecule has 0 saturated heterocycles. The Morgan fingerprint density at radius 3 is 2.43 bits per heavy atom. The van der Waals surface area contributed by atoms with E-state index in [0.717, 1.165) is 21.8 Å². The van der Waals surface area contributed by atoms with E-state index in [9.17, 15) is 14.0 Å². The number of aromatic nitrogens is 3. The van der Waals surface area contributed by atoms with Gasteiger partial charge in [-0.15, -0.1) is 21.5 Å². The van der Waals surface area contributed by atoms with Crippen LogP contribution in [-0.4, -0.2) is 56.8 Å². The minimum Gasteiger partial charge on any atom is -0.497 e. The molecule has 2 aromatic heterocycles. The van der Waals surface area contributed by atoms with Gasteiger partial charge in [-0.3, -0.25) is 14.2 Å². The lowest BCUT2D eigenvalue weighted by molar-refractivity contribution is -0.130. The van der Waals surface area contributed by atoms with E-state index in [0.29, 0.717) is 41.1 Å². The van der Waals surface area contributed by atoms with Gasteiger partial charge in [-0.1, -0.05) is 30.0 Å². The highest BCUT2D eigenvalue weighted by Gasteiger charge is 2.33. The number of ether oxygens (including phenoxy) is 2. The maximum absolute atomic E-state index is 13.8. The zero-order chi connectivity index (χ0) is 32.8. The summed E-state index contributed by atoms with van der Waals surface area (Å²) in [6, 6.07) is 24.0. The van der Waals surface area contributed by atoms with E-state index in [2.05, 4.69) is 15.5 Å². The predicted molar refractivity (Wildman–Crippen MR) is 179 cm³/mol. The first-order chi connectivity index (χ1) is 22.9. The van der Waals surface area contributed by atoms with Crippen LogP contribution in [0.2, 0.25) is 0 Å². The van der Waals surface area contributed by atoms with Gasteiger partial charge < -0.3 is 14.8 Å². The highest BCUT2D eigenvalue weighted by atomic mass is 32.2. The molecule has 0 radical (unpaired) electrons. The minimum absolute atomic E-state index is 0.0201. The van der Waals surface area contributed by atoms with E-state index in [-0.39, 0.29) is 36.0 Å². The molecule has 2 amide bonds. The summed E-state index contributed by atoms with van der Waals surface area (Å²) in [5.74, 6) is 1.01. The lowest BCUT2D eigenvalue weighted by Crippen LogP contribution is -2.28. The number of carbonyl (C=O) groups excluding carboxylic acids is 2. The number of carbonyl (C=O) groups is 2.